The van der Waals surface area contributed by atoms with Gasteiger partial charge in [0.15, 0.2) is 29.3 Å². The number of benzene rings is 2. The maximum atomic E-state index is 13.5. The zero-order valence-electron chi connectivity index (χ0n) is 16.1. The van der Waals surface area contributed by atoms with Gasteiger partial charge < -0.3 is 23.5 Å². The molecule has 1 aromatic heterocycles. The van der Waals surface area contributed by atoms with Crippen LogP contribution in [0.2, 0.25) is 0 Å². The van der Waals surface area contributed by atoms with Crippen LogP contribution in [0.25, 0.3) is 22.0 Å². The Morgan fingerprint density at radius 2 is 1.90 bits per heavy atom. The molecule has 3 aromatic rings. The maximum Gasteiger partial charge on any atom is 0.262 e. The zero-order chi connectivity index (χ0) is 20.1. The molecule has 0 N–H and O–H groups in total. The van der Waals surface area contributed by atoms with Gasteiger partial charge in [-0.2, -0.15) is 0 Å². The maximum absolute atomic E-state index is 13.5. The van der Waals surface area contributed by atoms with Crippen molar-refractivity contribution < 1.29 is 23.7 Å². The van der Waals surface area contributed by atoms with Crippen LogP contribution in [0, 0.1) is 0 Å². The Hall–Kier alpha value is -3.48. The van der Waals surface area contributed by atoms with Gasteiger partial charge in [0, 0.05) is 23.1 Å². The van der Waals surface area contributed by atoms with Crippen molar-refractivity contribution in [2.75, 3.05) is 21.0 Å². The molecule has 0 fully saturated rings. The smallest absolute Gasteiger partial charge is 0.262 e. The number of hydrogen-bond acceptors (Lipinski definition) is 6. The minimum absolute atomic E-state index is 0.167. The normalized spacial score (nSPS) is 14.1. The first kappa shape index (κ1) is 17.6. The van der Waals surface area contributed by atoms with Gasteiger partial charge in [-0.15, -0.1) is 0 Å². The molecule has 0 aliphatic carbocycles. The van der Waals surface area contributed by atoms with Crippen molar-refractivity contribution in [1.29, 1.82) is 0 Å². The summed E-state index contributed by atoms with van der Waals surface area (Å²) in [7, 11) is 3.01. The number of methoxy groups -OCH3 is 2. The first-order chi connectivity index (χ1) is 14.2. The van der Waals surface area contributed by atoms with Crippen LogP contribution in [-0.2, 0) is 13.0 Å². The molecule has 0 amide bonds. The number of aryl methyl sites for hydroxylation is 1. The summed E-state index contributed by atoms with van der Waals surface area (Å²) >= 11 is 0. The van der Waals surface area contributed by atoms with Crippen molar-refractivity contribution >= 4 is 17.1 Å². The molecule has 2 aromatic carbocycles. The van der Waals surface area contributed by atoms with E-state index in [1.165, 1.54) is 14.2 Å². The van der Waals surface area contributed by atoms with Crippen molar-refractivity contribution in [3.8, 4) is 34.3 Å². The minimum atomic E-state index is -0.207. The quantitative estimate of drug-likeness (QED) is 0.636. The Morgan fingerprint density at radius 3 is 2.62 bits per heavy atom. The molecule has 7 heteroatoms. The van der Waals surface area contributed by atoms with Gasteiger partial charge in [0.25, 0.3) is 5.56 Å². The summed E-state index contributed by atoms with van der Waals surface area (Å²) in [6.07, 6.45) is 2.33. The number of aldehydes is 1. The third-order valence-electron chi connectivity index (χ3n) is 5.62. The van der Waals surface area contributed by atoms with E-state index in [9.17, 15) is 9.59 Å². The van der Waals surface area contributed by atoms with E-state index >= 15 is 0 Å². The first-order valence-corrected chi connectivity index (χ1v) is 9.37. The van der Waals surface area contributed by atoms with E-state index in [0.29, 0.717) is 51.6 Å². The Balaban J connectivity index is 1.93. The molecule has 0 saturated carbocycles. The molecule has 3 heterocycles. The van der Waals surface area contributed by atoms with Crippen LogP contribution in [0.3, 0.4) is 0 Å². The molecular formula is C22H19NO6. The van der Waals surface area contributed by atoms with Crippen molar-refractivity contribution in [3.63, 3.8) is 0 Å². The number of nitrogens with zero attached hydrogens (tertiary/aromatic N) is 1. The average molecular weight is 393 g/mol. The predicted octanol–water partition coefficient (Wildman–Crippen LogP) is 3.17. The fourth-order valence-electron chi connectivity index (χ4n) is 4.34. The minimum Gasteiger partial charge on any atom is -0.493 e. The van der Waals surface area contributed by atoms with Crippen molar-refractivity contribution in [2.45, 2.75) is 19.4 Å². The van der Waals surface area contributed by atoms with Crippen LogP contribution in [0.4, 0.5) is 0 Å². The van der Waals surface area contributed by atoms with Crippen LogP contribution < -0.4 is 24.5 Å². The number of carbonyl (C=O) groups excluding carboxylic acids is 1. The van der Waals surface area contributed by atoms with E-state index in [-0.39, 0.29) is 12.4 Å². The lowest BCUT2D eigenvalue weighted by Crippen LogP contribution is -2.24. The third-order valence-corrected chi connectivity index (χ3v) is 5.62. The summed E-state index contributed by atoms with van der Waals surface area (Å²) in [5.41, 5.74) is 2.70. The molecule has 0 saturated heterocycles. The second kappa shape index (κ2) is 6.55. The van der Waals surface area contributed by atoms with Gasteiger partial charge in [-0.05, 0) is 42.7 Å². The number of fused-ring (bicyclic) bond motifs is 5. The van der Waals surface area contributed by atoms with Gasteiger partial charge in [0.05, 0.1) is 25.3 Å². The number of aromatic nitrogens is 1. The number of pyridine rings is 1. The fourth-order valence-corrected chi connectivity index (χ4v) is 4.34. The molecule has 29 heavy (non-hydrogen) atoms. The summed E-state index contributed by atoms with van der Waals surface area (Å²) in [4.78, 5) is 25.8. The van der Waals surface area contributed by atoms with Gasteiger partial charge >= 0.3 is 0 Å². The fraction of sp³-hybridized carbons (Fsp3) is 0.273. The first-order valence-electron chi connectivity index (χ1n) is 9.37. The van der Waals surface area contributed by atoms with Crippen LogP contribution in [0.5, 0.6) is 23.0 Å². The average Bonchev–Trinajstić information content (AvgIpc) is 3.12. The lowest BCUT2D eigenvalue weighted by molar-refractivity contribution is 0.112. The molecule has 0 radical (unpaired) electrons. The topological polar surface area (TPSA) is 76.0 Å². The highest BCUT2D eigenvalue weighted by molar-refractivity contribution is 6.06. The molecule has 5 rings (SSSR count). The van der Waals surface area contributed by atoms with E-state index in [1.54, 1.807) is 16.7 Å². The number of hydrogen-bond donors (Lipinski definition) is 0. The summed E-state index contributed by atoms with van der Waals surface area (Å²) < 4.78 is 23.6. The third kappa shape index (κ3) is 2.43. The molecule has 0 spiro atoms. The molecule has 0 bridgehead atoms. The lowest BCUT2D eigenvalue weighted by atomic mass is 9.95. The Labute approximate surface area is 166 Å². The SMILES string of the molecule is COc1ccc2c(C=O)c3n(c(=O)c2c1OC)CCCc1cc2c(cc1-3)OCO2. The largest absolute Gasteiger partial charge is 0.493 e. The van der Waals surface area contributed by atoms with Crippen LogP contribution >= 0.6 is 0 Å². The molecule has 2 aliphatic rings. The van der Waals surface area contributed by atoms with E-state index < -0.39 is 0 Å². The Bertz CT molecular complexity index is 1230. The second-order valence-electron chi connectivity index (χ2n) is 7.03. The van der Waals surface area contributed by atoms with E-state index in [0.717, 1.165) is 30.3 Å². The van der Waals surface area contributed by atoms with Gasteiger partial charge in [0.1, 0.15) is 0 Å². The number of rotatable bonds is 3. The monoisotopic (exact) mass is 393 g/mol. The summed E-state index contributed by atoms with van der Waals surface area (Å²) in [6.45, 7) is 0.659. The summed E-state index contributed by atoms with van der Waals surface area (Å²) in [5.74, 6) is 2.10. The lowest BCUT2D eigenvalue weighted by Gasteiger charge is -2.19. The van der Waals surface area contributed by atoms with E-state index in [4.69, 9.17) is 18.9 Å². The van der Waals surface area contributed by atoms with Crippen LogP contribution in [0.15, 0.2) is 29.1 Å². The molecule has 0 atom stereocenters. The van der Waals surface area contributed by atoms with Crippen molar-refractivity contribution in [1.82, 2.24) is 4.57 Å². The number of ether oxygens (including phenoxy) is 4. The highest BCUT2D eigenvalue weighted by Gasteiger charge is 2.27. The molecule has 148 valence electrons. The van der Waals surface area contributed by atoms with Crippen molar-refractivity contribution in [2.24, 2.45) is 0 Å². The molecule has 7 nitrogen and oxygen atoms in total. The highest BCUT2D eigenvalue weighted by atomic mass is 16.7. The standard InChI is InChI=1S/C22H19NO6/c1-26-16-6-5-13-15(10-24)20-14-9-18-17(28-11-29-18)8-12(14)4-3-7-23(20)22(25)19(13)21(16)27-2/h5-6,8-10H,3-4,7,11H2,1-2H3. The Morgan fingerprint density at radius 1 is 1.10 bits per heavy atom. The van der Waals surface area contributed by atoms with Crippen LogP contribution in [-0.4, -0.2) is 31.9 Å². The van der Waals surface area contributed by atoms with Crippen LogP contribution in [0.1, 0.15) is 22.3 Å². The molecule has 2 aliphatic heterocycles. The van der Waals surface area contributed by atoms with Gasteiger partial charge in [-0.3, -0.25) is 9.59 Å². The highest BCUT2D eigenvalue weighted by Crippen LogP contribution is 2.43. The second-order valence-corrected chi connectivity index (χ2v) is 7.03. The summed E-state index contributed by atoms with van der Waals surface area (Å²) in [5, 5.41) is 0.890. The molecule has 0 unspecified atom stereocenters. The van der Waals surface area contributed by atoms with Gasteiger partial charge in [-0.25, -0.2) is 0 Å². The predicted molar refractivity (Wildman–Crippen MR) is 107 cm³/mol. The van der Waals surface area contributed by atoms with E-state index in [2.05, 4.69) is 0 Å². The van der Waals surface area contributed by atoms with Gasteiger partial charge in [0.2, 0.25) is 6.79 Å². The summed E-state index contributed by atoms with van der Waals surface area (Å²) in [6, 6.07) is 7.27. The molecular weight excluding hydrogens is 374 g/mol. The van der Waals surface area contributed by atoms with Crippen molar-refractivity contribution in [3.05, 3.63) is 45.7 Å². The number of carbonyl (C=O) groups is 1. The Kier molecular flexibility index (Phi) is 3.97. The van der Waals surface area contributed by atoms with E-state index in [1.807, 2.05) is 12.1 Å². The van der Waals surface area contributed by atoms with Gasteiger partial charge in [-0.1, -0.05) is 0 Å². The zero-order valence-corrected chi connectivity index (χ0v) is 16.1.